The first-order chi connectivity index (χ1) is 26.2. The lowest BCUT2D eigenvalue weighted by Gasteiger charge is -2.57. The molecule has 5 atom stereocenters. The molecule has 0 bridgehead atoms. The van der Waals surface area contributed by atoms with E-state index in [-0.39, 0.29) is 31.5 Å². The minimum Gasteiger partial charge on any atom is -0.465 e. The van der Waals surface area contributed by atoms with Gasteiger partial charge in [0.2, 0.25) is 0 Å². The van der Waals surface area contributed by atoms with Crippen LogP contribution in [0.4, 0.5) is 0 Å². The third kappa shape index (κ3) is 17.2. The summed E-state index contributed by atoms with van der Waals surface area (Å²) in [6, 6.07) is 0. The van der Waals surface area contributed by atoms with Gasteiger partial charge in [0, 0.05) is 72.4 Å². The van der Waals surface area contributed by atoms with Crippen LogP contribution >= 0.6 is 37.0 Å². The van der Waals surface area contributed by atoms with Crippen molar-refractivity contribution < 1.29 is 59.9 Å². The van der Waals surface area contributed by atoms with Crippen LogP contribution < -0.4 is 0 Å². The molecule has 0 saturated heterocycles. The molecule has 0 aromatic heterocycles. The summed E-state index contributed by atoms with van der Waals surface area (Å²) in [5.41, 5.74) is -2.91. The summed E-state index contributed by atoms with van der Waals surface area (Å²) in [6.45, 7) is 19.7. The molecule has 0 aliphatic rings. The highest BCUT2D eigenvalue weighted by Gasteiger charge is 2.63. The Morgan fingerprint density at radius 1 is 0.600 bits per heavy atom. The van der Waals surface area contributed by atoms with E-state index in [1.165, 1.54) is 25.6 Å². The zero-order valence-corrected chi connectivity index (χ0v) is 42.3. The lowest BCUT2D eigenvalue weighted by atomic mass is 9.62. The average Bonchev–Trinajstić information content (AvgIpc) is 3.15. The van der Waals surface area contributed by atoms with Crippen molar-refractivity contribution in [2.75, 3.05) is 63.5 Å². The van der Waals surface area contributed by atoms with Gasteiger partial charge in [0.05, 0.1) is 16.4 Å². The number of thiol groups is 2. The van der Waals surface area contributed by atoms with E-state index in [2.05, 4.69) is 25.3 Å². The minimum atomic E-state index is -1.95. The van der Waals surface area contributed by atoms with E-state index >= 15 is 0 Å². The third-order valence-corrected chi connectivity index (χ3v) is 15.1. The van der Waals surface area contributed by atoms with E-state index < -0.39 is 70.0 Å². The highest BCUT2D eigenvalue weighted by molar-refractivity contribution is 8.13. The molecule has 0 aliphatic carbocycles. The Hall–Kier alpha value is -0.00935. The first-order valence-electron chi connectivity index (χ1n) is 19.7. The van der Waals surface area contributed by atoms with Gasteiger partial charge in [0.15, 0.2) is 16.7 Å². The number of hydrogen-bond acceptors (Lipinski definition) is 16. The maximum absolute atomic E-state index is 12.6. The summed E-state index contributed by atoms with van der Waals surface area (Å²) >= 11 is 10.3. The fourth-order valence-electron chi connectivity index (χ4n) is 7.08. The molecule has 5 unspecified atom stereocenters. The van der Waals surface area contributed by atoms with E-state index in [0.717, 1.165) is 0 Å². The van der Waals surface area contributed by atoms with Crippen molar-refractivity contribution in [2.45, 2.75) is 138 Å². The molecular weight excluding hydrogens is 821 g/mol. The molecule has 0 aliphatic heterocycles. The second-order valence-corrected chi connectivity index (χ2v) is 18.4. The number of ether oxygens (including phenoxy) is 4. The van der Waals surface area contributed by atoms with E-state index in [1.54, 1.807) is 6.92 Å². The van der Waals surface area contributed by atoms with Gasteiger partial charge < -0.3 is 45.5 Å². The van der Waals surface area contributed by atoms with Gasteiger partial charge in [0.25, 0.3) is 0 Å². The van der Waals surface area contributed by atoms with E-state index in [0.29, 0.717) is 88.4 Å². The van der Waals surface area contributed by atoms with Crippen molar-refractivity contribution in [3.8, 4) is 0 Å². The van der Waals surface area contributed by atoms with Crippen molar-refractivity contribution >= 4 is 84.1 Å². The first kappa shape index (κ1) is 55.0. The van der Waals surface area contributed by atoms with Crippen LogP contribution in [0.2, 0.25) is 0 Å². The molecule has 0 fully saturated rings. The van der Waals surface area contributed by atoms with Crippen molar-refractivity contribution in [3.63, 3.8) is 0 Å². The topological polar surface area (TPSA) is 144 Å². The summed E-state index contributed by atoms with van der Waals surface area (Å²) in [5.74, 6) is -1.67. The molecule has 0 saturated carbocycles. The van der Waals surface area contributed by atoms with Gasteiger partial charge in [0.1, 0.15) is 13.2 Å². The van der Waals surface area contributed by atoms with Gasteiger partial charge in [-0.3, -0.25) is 14.4 Å². The number of thioether (sulfide) groups is 1. The number of rotatable bonds is 36. The van der Waals surface area contributed by atoms with Gasteiger partial charge in [-0.25, -0.2) is 0 Å². The monoisotopic (exact) mass is 894 g/mol. The molecule has 0 N–H and O–H groups in total. The van der Waals surface area contributed by atoms with Crippen LogP contribution in [0.15, 0.2) is 0 Å². The number of carbonyl (C=O) groups excluding carboxylic acids is 3. The Morgan fingerprint density at radius 2 is 1.11 bits per heavy atom. The van der Waals surface area contributed by atoms with E-state index in [4.69, 9.17) is 45.5 Å². The predicted octanol–water partition coefficient (Wildman–Crippen LogP) is 4.75. The van der Waals surface area contributed by atoms with Crippen LogP contribution in [0.3, 0.4) is 0 Å². The fraction of sp³-hybridized carbons (Fsp3) is 0.917. The van der Waals surface area contributed by atoms with E-state index in [1.807, 2.05) is 48.5 Å². The van der Waals surface area contributed by atoms with Crippen LogP contribution in [0.5, 0.6) is 0 Å². The Labute approximate surface area is 354 Å². The fourth-order valence-corrected chi connectivity index (χ4v) is 11.1. The molecular formula is C36H74O13S3Si3. The van der Waals surface area contributed by atoms with Gasteiger partial charge in [-0.1, -0.05) is 25.6 Å². The lowest BCUT2D eigenvalue weighted by Crippen LogP contribution is -2.67. The second kappa shape index (κ2) is 30.1. The molecule has 0 rings (SSSR count). The summed E-state index contributed by atoms with van der Waals surface area (Å²) in [6.07, 6.45) is 4.31. The van der Waals surface area contributed by atoms with Crippen LogP contribution in [0.1, 0.15) is 121 Å². The summed E-state index contributed by atoms with van der Waals surface area (Å²) in [7, 11) is -4.91. The number of carbonyl (C=O) groups is 3. The summed E-state index contributed by atoms with van der Waals surface area (Å²) < 4.78 is 63.7. The molecule has 19 heteroatoms. The first-order valence-corrected chi connectivity index (χ1v) is 25.5. The molecule has 0 spiro atoms. The van der Waals surface area contributed by atoms with Crippen molar-refractivity contribution in [3.05, 3.63) is 0 Å². The van der Waals surface area contributed by atoms with Crippen molar-refractivity contribution in [1.82, 2.24) is 0 Å². The van der Waals surface area contributed by atoms with Crippen LogP contribution in [-0.4, -0.2) is 128 Å². The highest BCUT2D eigenvalue weighted by atomic mass is 32.2. The number of esters is 2. The van der Waals surface area contributed by atoms with Gasteiger partial charge >= 0.3 is 42.0 Å². The molecule has 0 aromatic carbocycles. The SMILES string of the molecule is CCO[SiH2]OC(C)(CCCS)C(CC)(COC(C)=O)C(CCCSC(C)=O)(OCC)O[SiH2]OCC(CC)(COC(C)=O)C(CCCS)(OCC)O[SiH2]OCC. The average molecular weight is 895 g/mol. The molecule has 0 radical (unpaired) electrons. The Bertz CT molecular complexity index is 1070. The molecule has 326 valence electrons. The van der Waals surface area contributed by atoms with Gasteiger partial charge in [-0.2, -0.15) is 25.3 Å². The standard InChI is InChI=1S/C36H74O13S3Si3/c1-11-33(26-40-29(7)37,35(42-13-3,21-18-24-51)48-54-45-16-6)27-46-55-49-36(43-14-4,22-19-25-52-31(9)39)34(12-2,28-41-30(8)38)32(10,20-17-23-50)47-53-44-15-5/h50-51H,11-28,53-55H2,1-10H3. The lowest BCUT2D eigenvalue weighted by molar-refractivity contribution is -0.317. The number of hydrogen-bond donors (Lipinski definition) is 2. The van der Waals surface area contributed by atoms with Crippen molar-refractivity contribution in [2.24, 2.45) is 10.8 Å². The maximum Gasteiger partial charge on any atom is 0.307 e. The van der Waals surface area contributed by atoms with Crippen LogP contribution in [0.25, 0.3) is 0 Å². The second-order valence-electron chi connectivity index (χ2n) is 13.5. The Kier molecular flexibility index (Phi) is 30.1. The van der Waals surface area contributed by atoms with Gasteiger partial charge in [-0.15, -0.1) is 0 Å². The molecule has 0 amide bonds. The molecule has 0 aromatic rings. The quantitative estimate of drug-likeness (QED) is 0.0294. The normalized spacial score (nSPS) is 18.0. The van der Waals surface area contributed by atoms with Crippen molar-refractivity contribution in [1.29, 1.82) is 0 Å². The Balaban J connectivity index is 7.46. The predicted molar refractivity (Wildman–Crippen MR) is 232 cm³/mol. The highest BCUT2D eigenvalue weighted by Crippen LogP contribution is 2.54. The minimum absolute atomic E-state index is 0.0117. The summed E-state index contributed by atoms with van der Waals surface area (Å²) in [5, 5.41) is 0.0148. The zero-order chi connectivity index (χ0) is 41.9. The zero-order valence-electron chi connectivity index (χ0n) is 35.5. The van der Waals surface area contributed by atoms with Gasteiger partial charge in [-0.05, 0) is 84.6 Å². The van der Waals surface area contributed by atoms with E-state index in [9.17, 15) is 14.4 Å². The maximum atomic E-state index is 12.6. The molecule has 13 nitrogen and oxygen atoms in total. The van der Waals surface area contributed by atoms with Crippen LogP contribution in [-0.2, 0) is 59.9 Å². The molecule has 55 heavy (non-hydrogen) atoms. The van der Waals surface area contributed by atoms with Crippen LogP contribution in [0, 0.1) is 10.8 Å². The largest absolute Gasteiger partial charge is 0.465 e. The summed E-state index contributed by atoms with van der Waals surface area (Å²) in [4.78, 5) is 36.8. The smallest absolute Gasteiger partial charge is 0.307 e. The third-order valence-electron chi connectivity index (χ3n) is 10.1. The Morgan fingerprint density at radius 3 is 1.62 bits per heavy atom. The molecule has 0 heterocycles.